The van der Waals surface area contributed by atoms with Gasteiger partial charge >= 0.3 is 0 Å². The Hall–Kier alpha value is -3.15. The lowest BCUT2D eigenvalue weighted by Crippen LogP contribution is -2.29. The number of pyridine rings is 2. The standard InChI is InChI=1S/C21H24N4O2/c1-13-10-14(2)17-12-15(20(26)24-18(17)11-13)7-9-23-21(27)16-6-5-8-22-19(16)25(3)4/h5-6,8,10-12H,7,9H2,1-4H3,(H,23,27)(H,24,26). The first-order chi connectivity index (χ1) is 12.9. The zero-order valence-corrected chi connectivity index (χ0v) is 16.1. The molecule has 2 N–H and O–H groups in total. The van der Waals surface area contributed by atoms with Crippen LogP contribution in [0.5, 0.6) is 0 Å². The monoisotopic (exact) mass is 364 g/mol. The van der Waals surface area contributed by atoms with E-state index in [1.807, 2.05) is 40.1 Å². The van der Waals surface area contributed by atoms with Gasteiger partial charge in [0.25, 0.3) is 11.5 Å². The van der Waals surface area contributed by atoms with Crippen molar-refractivity contribution in [1.82, 2.24) is 15.3 Å². The summed E-state index contributed by atoms with van der Waals surface area (Å²) in [6.07, 6.45) is 2.12. The number of anilines is 1. The minimum Gasteiger partial charge on any atom is -0.362 e. The molecular weight excluding hydrogens is 340 g/mol. The highest BCUT2D eigenvalue weighted by atomic mass is 16.1. The van der Waals surface area contributed by atoms with E-state index in [1.165, 1.54) is 0 Å². The molecule has 0 spiro atoms. The number of hydrogen-bond acceptors (Lipinski definition) is 4. The lowest BCUT2D eigenvalue weighted by Gasteiger charge is -2.15. The lowest BCUT2D eigenvalue weighted by molar-refractivity contribution is 0.0954. The molecule has 27 heavy (non-hydrogen) atoms. The highest BCUT2D eigenvalue weighted by Gasteiger charge is 2.13. The Morgan fingerprint density at radius 3 is 2.74 bits per heavy atom. The zero-order valence-electron chi connectivity index (χ0n) is 16.1. The minimum atomic E-state index is -0.198. The molecule has 2 heterocycles. The van der Waals surface area contributed by atoms with Gasteiger partial charge in [0, 0.05) is 43.3 Å². The third kappa shape index (κ3) is 4.00. The van der Waals surface area contributed by atoms with E-state index in [-0.39, 0.29) is 11.5 Å². The van der Waals surface area contributed by atoms with Crippen LogP contribution in [0.15, 0.2) is 41.3 Å². The van der Waals surface area contributed by atoms with Gasteiger partial charge in [0.05, 0.1) is 5.56 Å². The number of H-pyrrole nitrogens is 1. The van der Waals surface area contributed by atoms with Gasteiger partial charge in [0.2, 0.25) is 0 Å². The summed E-state index contributed by atoms with van der Waals surface area (Å²) in [4.78, 5) is 33.8. The summed E-state index contributed by atoms with van der Waals surface area (Å²) in [5, 5.41) is 3.91. The number of carbonyl (C=O) groups is 1. The van der Waals surface area contributed by atoms with Crippen molar-refractivity contribution in [3.8, 4) is 0 Å². The Balaban J connectivity index is 1.75. The van der Waals surface area contributed by atoms with Gasteiger partial charge in [-0.25, -0.2) is 4.98 Å². The van der Waals surface area contributed by atoms with E-state index in [0.29, 0.717) is 29.9 Å². The number of fused-ring (bicyclic) bond motifs is 1. The summed E-state index contributed by atoms with van der Waals surface area (Å²) < 4.78 is 0. The molecule has 0 unspecified atom stereocenters. The fourth-order valence-corrected chi connectivity index (χ4v) is 3.24. The van der Waals surface area contributed by atoms with Crippen LogP contribution in [0.2, 0.25) is 0 Å². The molecule has 0 radical (unpaired) electrons. The maximum atomic E-state index is 12.5. The first kappa shape index (κ1) is 18.6. The van der Waals surface area contributed by atoms with E-state index in [9.17, 15) is 9.59 Å². The molecule has 0 saturated carbocycles. The summed E-state index contributed by atoms with van der Waals surface area (Å²) in [6.45, 7) is 4.42. The molecule has 0 atom stereocenters. The first-order valence-electron chi connectivity index (χ1n) is 8.90. The smallest absolute Gasteiger partial charge is 0.255 e. The first-order valence-corrected chi connectivity index (χ1v) is 8.90. The molecule has 0 bridgehead atoms. The highest BCUT2D eigenvalue weighted by Crippen LogP contribution is 2.18. The van der Waals surface area contributed by atoms with Gasteiger partial charge in [-0.05, 0) is 55.7 Å². The number of nitrogens with one attached hydrogen (secondary N) is 2. The van der Waals surface area contributed by atoms with Crippen LogP contribution in [0.4, 0.5) is 5.82 Å². The van der Waals surface area contributed by atoms with E-state index in [2.05, 4.69) is 21.4 Å². The van der Waals surface area contributed by atoms with Crippen molar-refractivity contribution in [3.05, 3.63) is 69.1 Å². The van der Waals surface area contributed by atoms with E-state index in [4.69, 9.17) is 0 Å². The van der Waals surface area contributed by atoms with Crippen molar-refractivity contribution in [2.24, 2.45) is 0 Å². The summed E-state index contributed by atoms with van der Waals surface area (Å²) in [6, 6.07) is 9.47. The van der Waals surface area contributed by atoms with Crippen LogP contribution in [-0.2, 0) is 6.42 Å². The number of benzene rings is 1. The lowest BCUT2D eigenvalue weighted by atomic mass is 10.0. The third-order valence-electron chi connectivity index (χ3n) is 4.52. The molecule has 2 aromatic heterocycles. The van der Waals surface area contributed by atoms with Crippen LogP contribution >= 0.6 is 0 Å². The van der Waals surface area contributed by atoms with Crippen molar-refractivity contribution in [1.29, 1.82) is 0 Å². The Morgan fingerprint density at radius 2 is 2.00 bits per heavy atom. The largest absolute Gasteiger partial charge is 0.362 e. The van der Waals surface area contributed by atoms with Gasteiger partial charge in [0.1, 0.15) is 5.82 Å². The maximum Gasteiger partial charge on any atom is 0.255 e. The average molecular weight is 364 g/mol. The molecule has 0 fully saturated rings. The van der Waals surface area contributed by atoms with Crippen LogP contribution in [0, 0.1) is 13.8 Å². The van der Waals surface area contributed by atoms with E-state index >= 15 is 0 Å². The molecule has 1 aromatic carbocycles. The number of aryl methyl sites for hydroxylation is 2. The molecule has 0 aliphatic rings. The van der Waals surface area contributed by atoms with Crippen molar-refractivity contribution in [2.45, 2.75) is 20.3 Å². The Bertz CT molecular complexity index is 1050. The summed E-state index contributed by atoms with van der Waals surface area (Å²) >= 11 is 0. The second-order valence-corrected chi connectivity index (χ2v) is 6.94. The summed E-state index contributed by atoms with van der Waals surface area (Å²) in [5.41, 5.74) is 4.14. The molecule has 0 aliphatic heterocycles. The molecular formula is C21H24N4O2. The molecule has 140 valence electrons. The summed E-state index contributed by atoms with van der Waals surface area (Å²) in [5.74, 6) is 0.417. The quantitative estimate of drug-likeness (QED) is 0.729. The second-order valence-electron chi connectivity index (χ2n) is 6.94. The molecule has 0 aliphatic carbocycles. The Morgan fingerprint density at radius 1 is 1.22 bits per heavy atom. The Labute approximate surface area is 158 Å². The number of nitrogens with zero attached hydrogens (tertiary/aromatic N) is 2. The maximum absolute atomic E-state index is 12.5. The van der Waals surface area contributed by atoms with Crippen molar-refractivity contribution < 1.29 is 4.79 Å². The zero-order chi connectivity index (χ0) is 19.6. The normalized spacial score (nSPS) is 10.8. The molecule has 0 saturated heterocycles. The predicted molar refractivity (Wildman–Crippen MR) is 109 cm³/mol. The van der Waals surface area contributed by atoms with Crippen LogP contribution in [0.1, 0.15) is 27.0 Å². The third-order valence-corrected chi connectivity index (χ3v) is 4.52. The van der Waals surface area contributed by atoms with Crippen molar-refractivity contribution in [2.75, 3.05) is 25.5 Å². The van der Waals surface area contributed by atoms with Gasteiger partial charge in [-0.15, -0.1) is 0 Å². The second kappa shape index (κ2) is 7.61. The number of rotatable bonds is 5. The molecule has 3 aromatic rings. The van der Waals surface area contributed by atoms with Gasteiger partial charge < -0.3 is 15.2 Å². The van der Waals surface area contributed by atoms with Gasteiger partial charge in [0.15, 0.2) is 0 Å². The predicted octanol–water partition coefficient (Wildman–Crippen LogP) is 2.58. The number of amides is 1. The molecule has 6 nitrogen and oxygen atoms in total. The average Bonchev–Trinajstić information content (AvgIpc) is 2.62. The van der Waals surface area contributed by atoms with Crippen LogP contribution in [-0.4, -0.2) is 36.5 Å². The number of hydrogen-bond donors (Lipinski definition) is 2. The topological polar surface area (TPSA) is 78.1 Å². The fraction of sp³-hybridized carbons (Fsp3) is 0.286. The van der Waals surface area contributed by atoms with E-state index in [0.717, 1.165) is 22.0 Å². The number of aromatic amines is 1. The Kier molecular flexibility index (Phi) is 5.26. The minimum absolute atomic E-state index is 0.114. The van der Waals surface area contributed by atoms with Crippen LogP contribution in [0.25, 0.3) is 10.9 Å². The highest BCUT2D eigenvalue weighted by molar-refractivity contribution is 5.98. The fourth-order valence-electron chi connectivity index (χ4n) is 3.24. The molecule has 1 amide bonds. The van der Waals surface area contributed by atoms with Crippen molar-refractivity contribution in [3.63, 3.8) is 0 Å². The number of aromatic nitrogens is 2. The van der Waals surface area contributed by atoms with Crippen LogP contribution in [0.3, 0.4) is 0 Å². The van der Waals surface area contributed by atoms with E-state index < -0.39 is 0 Å². The van der Waals surface area contributed by atoms with Gasteiger partial charge in [-0.3, -0.25) is 9.59 Å². The van der Waals surface area contributed by atoms with Gasteiger partial charge in [-0.2, -0.15) is 0 Å². The van der Waals surface area contributed by atoms with Crippen molar-refractivity contribution >= 4 is 22.6 Å². The summed E-state index contributed by atoms with van der Waals surface area (Å²) in [7, 11) is 3.69. The van der Waals surface area contributed by atoms with Gasteiger partial charge in [-0.1, -0.05) is 6.07 Å². The number of carbonyl (C=O) groups excluding carboxylic acids is 1. The van der Waals surface area contributed by atoms with E-state index in [1.54, 1.807) is 23.2 Å². The molecule has 3 rings (SSSR count). The SMILES string of the molecule is Cc1cc(C)c2cc(CCNC(=O)c3cccnc3N(C)C)c(=O)[nH]c2c1. The van der Waals surface area contributed by atoms with Crippen LogP contribution < -0.4 is 15.8 Å². The molecule has 6 heteroatoms.